The molecule has 1 heterocycles. The molecule has 0 bridgehead atoms. The zero-order valence-electron chi connectivity index (χ0n) is 38.2. The van der Waals surface area contributed by atoms with Gasteiger partial charge in [-0.3, -0.25) is 14.6 Å². The first-order valence-corrected chi connectivity index (χ1v) is 23.6. The smallest absolute Gasteiger partial charge is 0.416 e. The Labute approximate surface area is 398 Å². The number of carboxylic acid groups (broad SMARTS) is 1. The molecule has 0 unspecified atom stereocenters. The fourth-order valence-electron chi connectivity index (χ4n) is 6.89. The second-order valence-corrected chi connectivity index (χ2v) is 17.1. The van der Waals surface area contributed by atoms with Gasteiger partial charge < -0.3 is 44.7 Å². The lowest BCUT2D eigenvalue weighted by molar-refractivity contribution is -0.137. The summed E-state index contributed by atoms with van der Waals surface area (Å²) in [5, 5.41) is 24.4. The molecule has 5 rings (SSSR count). The summed E-state index contributed by atoms with van der Waals surface area (Å²) < 4.78 is 88.9. The minimum atomic E-state index is -4.51. The number of aryl methyl sites for hydroxylation is 1. The van der Waals surface area contributed by atoms with Crippen molar-refractivity contribution in [3.8, 4) is 17.0 Å². The summed E-state index contributed by atoms with van der Waals surface area (Å²) in [7, 11) is -4.00. The number of phenols is 1. The SMILES string of the molecule is CCN(CC)c1ccc(NC(=O)c2cccc(CCCOCCOCCOCCOCCNS(=O)(=O)c3ccc(O)c(C(=O)O)c3)c2)c(-c2cc(C(=O)NCc3cccc(C(F)(F)F)c3)ccn2)c1. The first kappa shape index (κ1) is 53.5. The average Bonchev–Trinajstić information content (AvgIpc) is 3.33. The van der Waals surface area contributed by atoms with Crippen molar-refractivity contribution >= 4 is 39.2 Å². The third-order valence-electron chi connectivity index (χ3n) is 10.5. The van der Waals surface area contributed by atoms with Gasteiger partial charge in [-0.2, -0.15) is 13.2 Å². The number of ether oxygens (including phenoxy) is 4. The van der Waals surface area contributed by atoms with Crippen molar-refractivity contribution in [2.75, 3.05) is 82.7 Å². The second-order valence-electron chi connectivity index (χ2n) is 15.3. The molecule has 20 heteroatoms. The van der Waals surface area contributed by atoms with Gasteiger partial charge in [-0.15, -0.1) is 0 Å². The molecular weight excluding hydrogens is 924 g/mol. The lowest BCUT2D eigenvalue weighted by Gasteiger charge is -2.23. The van der Waals surface area contributed by atoms with Gasteiger partial charge in [-0.1, -0.05) is 24.3 Å². The Morgan fingerprint density at radius 1 is 0.725 bits per heavy atom. The number of carbonyl (C=O) groups excluding carboxylic acids is 2. The Kier molecular flexibility index (Phi) is 20.5. The third-order valence-corrected chi connectivity index (χ3v) is 12.0. The van der Waals surface area contributed by atoms with E-state index in [1.807, 2.05) is 44.2 Å². The van der Waals surface area contributed by atoms with E-state index in [0.717, 1.165) is 54.7 Å². The normalized spacial score (nSPS) is 11.6. The molecule has 0 fully saturated rings. The Morgan fingerprint density at radius 2 is 1.38 bits per heavy atom. The van der Waals surface area contributed by atoms with E-state index in [4.69, 9.17) is 24.1 Å². The molecule has 4 aromatic carbocycles. The molecule has 5 N–H and O–H groups in total. The van der Waals surface area contributed by atoms with E-state index in [-0.39, 0.29) is 49.3 Å². The summed E-state index contributed by atoms with van der Waals surface area (Å²) >= 11 is 0. The van der Waals surface area contributed by atoms with Crippen molar-refractivity contribution in [2.45, 2.75) is 44.3 Å². The van der Waals surface area contributed by atoms with E-state index in [9.17, 15) is 41.1 Å². The summed E-state index contributed by atoms with van der Waals surface area (Å²) in [5.74, 6) is -2.84. The highest BCUT2D eigenvalue weighted by Gasteiger charge is 2.30. The fraction of sp³-hybridized carbons (Fsp3) is 0.347. The summed E-state index contributed by atoms with van der Waals surface area (Å²) in [6.45, 7) is 7.71. The highest BCUT2D eigenvalue weighted by Crippen LogP contribution is 2.33. The number of hydrogen-bond donors (Lipinski definition) is 5. The number of aromatic hydroxyl groups is 1. The molecule has 0 saturated heterocycles. The summed E-state index contributed by atoms with van der Waals surface area (Å²) in [4.78, 5) is 44.5. The molecule has 5 aromatic rings. The Bertz CT molecular complexity index is 2610. The number of anilines is 2. The fourth-order valence-corrected chi connectivity index (χ4v) is 7.93. The highest BCUT2D eigenvalue weighted by atomic mass is 32.2. The Balaban J connectivity index is 1.01. The number of aromatic nitrogens is 1. The van der Waals surface area contributed by atoms with Crippen LogP contribution in [0, 0.1) is 0 Å². The number of halogens is 3. The molecule has 1 aromatic heterocycles. The number of pyridine rings is 1. The number of hydrogen-bond acceptors (Lipinski definition) is 12. The number of alkyl halides is 3. The predicted molar refractivity (Wildman–Crippen MR) is 252 cm³/mol. The monoisotopic (exact) mass is 979 g/mol. The van der Waals surface area contributed by atoms with E-state index < -0.39 is 45.0 Å². The molecule has 0 aliphatic carbocycles. The zero-order valence-corrected chi connectivity index (χ0v) is 39.0. The van der Waals surface area contributed by atoms with Gasteiger partial charge in [-0.05, 0) is 111 Å². The van der Waals surface area contributed by atoms with E-state index >= 15 is 0 Å². The molecule has 0 spiro atoms. The maximum atomic E-state index is 13.7. The maximum absolute atomic E-state index is 13.7. The molecular formula is C49H56F3N5O11S. The third kappa shape index (κ3) is 16.7. The lowest BCUT2D eigenvalue weighted by Crippen LogP contribution is -2.28. The largest absolute Gasteiger partial charge is 0.507 e. The van der Waals surface area contributed by atoms with Crippen LogP contribution in [0.2, 0.25) is 0 Å². The van der Waals surface area contributed by atoms with Crippen molar-refractivity contribution in [1.29, 1.82) is 0 Å². The van der Waals surface area contributed by atoms with E-state index in [2.05, 4.69) is 25.2 Å². The van der Waals surface area contributed by atoms with E-state index in [1.54, 1.807) is 18.2 Å². The van der Waals surface area contributed by atoms with Crippen molar-refractivity contribution in [2.24, 2.45) is 0 Å². The number of nitrogens with zero attached hydrogens (tertiary/aromatic N) is 2. The van der Waals surface area contributed by atoms with Crippen LogP contribution in [0.25, 0.3) is 11.3 Å². The molecule has 370 valence electrons. The molecule has 0 aliphatic heterocycles. The maximum Gasteiger partial charge on any atom is 0.416 e. The molecule has 69 heavy (non-hydrogen) atoms. The van der Waals surface area contributed by atoms with Crippen LogP contribution in [-0.2, 0) is 48.1 Å². The molecule has 0 aliphatic rings. The predicted octanol–water partition coefficient (Wildman–Crippen LogP) is 7.18. The van der Waals surface area contributed by atoms with Crippen molar-refractivity contribution < 1.29 is 65.1 Å². The van der Waals surface area contributed by atoms with Crippen LogP contribution in [-0.4, -0.2) is 114 Å². The summed E-state index contributed by atoms with van der Waals surface area (Å²) in [5.41, 5.74) is 2.94. The number of sulfonamides is 1. The van der Waals surface area contributed by atoms with Crippen LogP contribution in [0.3, 0.4) is 0 Å². The molecule has 2 amide bonds. The first-order valence-electron chi connectivity index (χ1n) is 22.2. The van der Waals surface area contributed by atoms with Gasteiger partial charge in [0.2, 0.25) is 10.0 Å². The van der Waals surface area contributed by atoms with Crippen molar-refractivity contribution in [3.63, 3.8) is 0 Å². The average molecular weight is 980 g/mol. The van der Waals surface area contributed by atoms with Crippen LogP contribution in [0.15, 0.2) is 108 Å². The van der Waals surface area contributed by atoms with Crippen molar-refractivity contribution in [1.82, 2.24) is 15.0 Å². The molecule has 0 radical (unpaired) electrons. The molecule has 0 saturated carbocycles. The number of rotatable bonds is 28. The second kappa shape index (κ2) is 26.4. The van der Waals surface area contributed by atoms with Crippen LogP contribution in [0.4, 0.5) is 24.5 Å². The number of carboxylic acids is 1. The molecule has 16 nitrogen and oxygen atoms in total. The van der Waals surface area contributed by atoms with Gasteiger partial charge in [0.05, 0.1) is 68.1 Å². The minimum absolute atomic E-state index is 0.0542. The van der Waals surface area contributed by atoms with Gasteiger partial charge >= 0.3 is 12.1 Å². The topological polar surface area (TPSA) is 215 Å². The quantitative estimate of drug-likeness (QED) is 0.0315. The van der Waals surface area contributed by atoms with E-state index in [0.29, 0.717) is 73.9 Å². The van der Waals surface area contributed by atoms with Crippen LogP contribution in [0.1, 0.15) is 68.0 Å². The standard InChI is InChI=1S/C49H56F3N5O11S/c1-3-57(4-2)39-13-15-43(41(31-39)44-30-37(17-18-53-44)46(59)54-33-35-9-6-12-38(29-35)49(50,51)52)56-47(60)36-11-5-8-34(28-36)10-7-20-65-22-24-67-26-27-68-25-23-66-21-19-55-69(63,64)40-14-16-45(58)42(32-40)48(61)62/h5-6,8-9,11-18,28-32,55,58H,3-4,7,10,19-27,33H2,1-2H3,(H,54,59)(H,56,60)(H,61,62). The van der Waals surface area contributed by atoms with Gasteiger partial charge in [0.15, 0.2) is 0 Å². The van der Waals surface area contributed by atoms with Gasteiger partial charge in [0.25, 0.3) is 11.8 Å². The Morgan fingerprint density at radius 3 is 2.06 bits per heavy atom. The minimum Gasteiger partial charge on any atom is -0.507 e. The Hall–Kier alpha value is -6.42. The number of aromatic carboxylic acids is 1. The summed E-state index contributed by atoms with van der Waals surface area (Å²) in [6, 6.07) is 23.7. The van der Waals surface area contributed by atoms with Gasteiger partial charge in [0, 0.05) is 61.4 Å². The van der Waals surface area contributed by atoms with Crippen LogP contribution in [0.5, 0.6) is 5.75 Å². The number of amides is 2. The first-order chi connectivity index (χ1) is 33.1. The summed E-state index contributed by atoms with van der Waals surface area (Å²) in [6.07, 6.45) is -1.68. The zero-order chi connectivity index (χ0) is 49.8. The van der Waals surface area contributed by atoms with Crippen LogP contribution >= 0.6 is 0 Å². The van der Waals surface area contributed by atoms with Crippen LogP contribution < -0.4 is 20.3 Å². The number of nitrogens with one attached hydrogen (secondary N) is 3. The lowest BCUT2D eigenvalue weighted by atomic mass is 10.0. The molecule has 0 atom stereocenters. The highest BCUT2D eigenvalue weighted by molar-refractivity contribution is 7.89. The van der Waals surface area contributed by atoms with Crippen molar-refractivity contribution in [3.05, 3.63) is 137 Å². The van der Waals surface area contributed by atoms with Gasteiger partial charge in [0.1, 0.15) is 11.3 Å². The van der Waals surface area contributed by atoms with E-state index in [1.165, 1.54) is 24.4 Å². The number of benzene rings is 4. The van der Waals surface area contributed by atoms with Gasteiger partial charge in [-0.25, -0.2) is 17.9 Å². The number of carbonyl (C=O) groups is 3.